The van der Waals surface area contributed by atoms with Gasteiger partial charge in [-0.1, -0.05) is 23.9 Å². The smallest absolute Gasteiger partial charge is 0.358 e. The Morgan fingerprint density at radius 3 is 3.00 bits per heavy atom. The zero-order valence-electron chi connectivity index (χ0n) is 10.8. The number of benzene rings is 1. The van der Waals surface area contributed by atoms with Gasteiger partial charge in [0, 0.05) is 5.16 Å². The number of fused-ring (bicyclic) bond motifs is 1. The zero-order chi connectivity index (χ0) is 15.5. The Morgan fingerprint density at radius 1 is 1.41 bits per heavy atom. The van der Waals surface area contributed by atoms with Gasteiger partial charge in [-0.3, -0.25) is 10.1 Å². The molecule has 22 heavy (non-hydrogen) atoms. The van der Waals surface area contributed by atoms with Gasteiger partial charge in [0.15, 0.2) is 9.50 Å². The number of hydrogen-bond acceptors (Lipinski definition) is 9. The molecule has 0 aliphatic carbocycles. The lowest BCUT2D eigenvalue weighted by Crippen LogP contribution is -2.15. The third-order valence-corrected chi connectivity index (χ3v) is 4.68. The van der Waals surface area contributed by atoms with Crippen molar-refractivity contribution < 1.29 is 14.3 Å². The van der Waals surface area contributed by atoms with Crippen LogP contribution in [0.5, 0.6) is 0 Å². The molecule has 0 saturated heterocycles. The average Bonchev–Trinajstić information content (AvgIpc) is 3.10. The van der Waals surface area contributed by atoms with E-state index < -0.39 is 16.6 Å². The summed E-state index contributed by atoms with van der Waals surface area (Å²) < 4.78 is 6.01. The summed E-state index contributed by atoms with van der Waals surface area (Å²) in [7, 11) is 0. The van der Waals surface area contributed by atoms with Crippen molar-refractivity contribution in [3.05, 3.63) is 34.4 Å². The van der Waals surface area contributed by atoms with Crippen LogP contribution in [0.2, 0.25) is 0 Å². The number of rotatable bonds is 5. The van der Waals surface area contributed by atoms with Crippen LogP contribution >= 0.6 is 23.1 Å². The third-order valence-electron chi connectivity index (χ3n) is 2.50. The minimum atomic E-state index is -0.785. The van der Waals surface area contributed by atoms with E-state index in [9.17, 15) is 14.9 Å². The van der Waals surface area contributed by atoms with Crippen molar-refractivity contribution in [2.45, 2.75) is 4.34 Å². The van der Waals surface area contributed by atoms with Gasteiger partial charge >= 0.3 is 5.82 Å². The first-order valence-corrected chi connectivity index (χ1v) is 7.69. The lowest BCUT2D eigenvalue weighted by molar-refractivity contribution is -0.390. The Labute approximate surface area is 130 Å². The molecule has 112 valence electrons. The summed E-state index contributed by atoms with van der Waals surface area (Å²) >= 11 is 2.71. The van der Waals surface area contributed by atoms with Gasteiger partial charge in [-0.25, -0.2) is 4.98 Å². The molecule has 0 bridgehead atoms. The van der Waals surface area contributed by atoms with Gasteiger partial charge in [0.25, 0.3) is 5.82 Å². The van der Waals surface area contributed by atoms with Crippen molar-refractivity contribution in [1.29, 1.82) is 0 Å². The molecule has 0 radical (unpaired) electrons. The average molecular weight is 337 g/mol. The van der Waals surface area contributed by atoms with Gasteiger partial charge in [-0.2, -0.15) is 0 Å². The minimum Gasteiger partial charge on any atom is -0.358 e. The summed E-state index contributed by atoms with van der Waals surface area (Å²) in [5.41, 5.74) is 0.867. The monoisotopic (exact) mass is 337 g/mol. The fraction of sp³-hybridized carbons (Fsp3) is 0.0909. The van der Waals surface area contributed by atoms with Crippen molar-refractivity contribution >= 4 is 50.9 Å². The number of nitro groups is 1. The molecule has 0 spiro atoms. The normalized spacial score (nSPS) is 10.7. The number of para-hydroxylation sites is 1. The van der Waals surface area contributed by atoms with Crippen LogP contribution in [-0.4, -0.2) is 31.9 Å². The van der Waals surface area contributed by atoms with E-state index in [1.165, 1.54) is 23.1 Å². The molecule has 0 aliphatic rings. The molecule has 1 amide bonds. The highest BCUT2D eigenvalue weighted by molar-refractivity contribution is 8.01. The minimum absolute atomic E-state index is 0.0455. The molecule has 3 rings (SSSR count). The highest BCUT2D eigenvalue weighted by Gasteiger charge is 2.23. The molecule has 2 heterocycles. The highest BCUT2D eigenvalue weighted by Crippen LogP contribution is 2.29. The molecule has 1 N–H and O–H groups in total. The van der Waals surface area contributed by atoms with Crippen LogP contribution in [0.3, 0.4) is 0 Å². The van der Waals surface area contributed by atoms with Crippen LogP contribution in [0.1, 0.15) is 0 Å². The lowest BCUT2D eigenvalue weighted by Gasteiger charge is -1.98. The number of aromatic nitrogens is 3. The standard InChI is InChI=1S/C11H7N5O4S2/c17-8(13-9-10(16(18)19)15-20-14-9)5-21-11-12-6-3-1-2-4-7(6)22-11/h1-4H,5H2,(H,13,14,17). The number of amides is 1. The van der Waals surface area contributed by atoms with Crippen LogP contribution in [0.25, 0.3) is 10.2 Å². The summed E-state index contributed by atoms with van der Waals surface area (Å²) in [6, 6.07) is 7.64. The number of hydrogen-bond donors (Lipinski definition) is 1. The molecule has 11 heteroatoms. The second-order valence-electron chi connectivity index (χ2n) is 3.98. The maximum absolute atomic E-state index is 11.8. The van der Waals surface area contributed by atoms with Gasteiger partial charge in [0.2, 0.25) is 5.91 Å². The van der Waals surface area contributed by atoms with Gasteiger partial charge in [-0.15, -0.1) is 16.0 Å². The maximum Gasteiger partial charge on any atom is 0.459 e. The van der Waals surface area contributed by atoms with E-state index in [2.05, 4.69) is 25.2 Å². The van der Waals surface area contributed by atoms with E-state index in [-0.39, 0.29) is 11.6 Å². The van der Waals surface area contributed by atoms with Gasteiger partial charge in [0.1, 0.15) is 0 Å². The number of nitrogens with one attached hydrogen (secondary N) is 1. The van der Waals surface area contributed by atoms with E-state index >= 15 is 0 Å². The summed E-state index contributed by atoms with van der Waals surface area (Å²) in [6.07, 6.45) is 0. The van der Waals surface area contributed by atoms with Gasteiger partial charge in [-0.05, 0) is 17.1 Å². The predicted octanol–water partition coefficient (Wildman–Crippen LogP) is 2.32. The predicted molar refractivity (Wildman–Crippen MR) is 79.9 cm³/mol. The summed E-state index contributed by atoms with van der Waals surface area (Å²) in [5, 5.41) is 19.3. The van der Waals surface area contributed by atoms with Gasteiger partial charge in [0.05, 0.1) is 16.0 Å². The SMILES string of the molecule is O=C(CSc1nc2ccccc2s1)Nc1nonc1[N+](=O)[O-]. The van der Waals surface area contributed by atoms with Crippen molar-refractivity contribution in [3.8, 4) is 0 Å². The molecule has 9 nitrogen and oxygen atoms in total. The van der Waals surface area contributed by atoms with E-state index in [1.54, 1.807) is 0 Å². The molecular formula is C11H7N5O4S2. The third kappa shape index (κ3) is 3.04. The molecule has 2 aromatic heterocycles. The number of thioether (sulfide) groups is 1. The first-order valence-electron chi connectivity index (χ1n) is 5.88. The number of carbonyl (C=O) groups excluding carboxylic acids is 1. The molecule has 3 aromatic rings. The fourth-order valence-corrected chi connectivity index (χ4v) is 3.46. The molecule has 0 unspecified atom stereocenters. The van der Waals surface area contributed by atoms with Crippen molar-refractivity contribution in [1.82, 2.24) is 15.3 Å². The van der Waals surface area contributed by atoms with Crippen molar-refractivity contribution in [3.63, 3.8) is 0 Å². The molecule has 0 saturated carbocycles. The number of nitrogens with zero attached hydrogens (tertiary/aromatic N) is 4. The Hall–Kier alpha value is -2.53. The Balaban J connectivity index is 1.62. The number of anilines is 1. The van der Waals surface area contributed by atoms with E-state index in [0.29, 0.717) is 0 Å². The first kappa shape index (κ1) is 14.4. The van der Waals surface area contributed by atoms with Crippen LogP contribution in [0.15, 0.2) is 33.2 Å². The second kappa shape index (κ2) is 6.07. The second-order valence-corrected chi connectivity index (χ2v) is 6.23. The van der Waals surface area contributed by atoms with E-state index in [4.69, 9.17) is 0 Å². The van der Waals surface area contributed by atoms with Crippen molar-refractivity contribution in [2.24, 2.45) is 0 Å². The Bertz CT molecular complexity index is 813. The summed E-state index contributed by atoms with van der Waals surface area (Å²) in [6.45, 7) is 0. The maximum atomic E-state index is 11.8. The Morgan fingerprint density at radius 2 is 2.23 bits per heavy atom. The molecule has 0 aliphatic heterocycles. The molecule has 1 aromatic carbocycles. The number of thiazole rings is 1. The molecular weight excluding hydrogens is 330 g/mol. The van der Waals surface area contributed by atoms with E-state index in [0.717, 1.165) is 14.6 Å². The fourth-order valence-electron chi connectivity index (χ4n) is 1.59. The largest absolute Gasteiger partial charge is 0.459 e. The summed E-state index contributed by atoms with van der Waals surface area (Å²) in [4.78, 5) is 26.0. The molecule has 0 atom stereocenters. The van der Waals surface area contributed by atoms with Crippen LogP contribution < -0.4 is 5.32 Å². The van der Waals surface area contributed by atoms with Crippen LogP contribution in [-0.2, 0) is 4.79 Å². The van der Waals surface area contributed by atoms with E-state index in [1.807, 2.05) is 24.3 Å². The van der Waals surface area contributed by atoms with Crippen molar-refractivity contribution in [2.75, 3.05) is 11.1 Å². The van der Waals surface area contributed by atoms with Crippen LogP contribution in [0.4, 0.5) is 11.6 Å². The first-order chi connectivity index (χ1) is 10.6. The van der Waals surface area contributed by atoms with Gasteiger partial charge < -0.3 is 10.1 Å². The lowest BCUT2D eigenvalue weighted by atomic mass is 10.3. The molecule has 0 fully saturated rings. The number of carbonyl (C=O) groups is 1. The summed E-state index contributed by atoms with van der Waals surface area (Å²) in [5.74, 6) is -1.34. The highest BCUT2D eigenvalue weighted by atomic mass is 32.2. The Kier molecular flexibility index (Phi) is 3.98. The van der Waals surface area contributed by atoms with Crippen LogP contribution in [0, 0.1) is 10.1 Å². The quantitative estimate of drug-likeness (QED) is 0.427. The zero-order valence-corrected chi connectivity index (χ0v) is 12.4. The topological polar surface area (TPSA) is 124 Å².